The van der Waals surface area contributed by atoms with Gasteiger partial charge in [0.15, 0.2) is 6.04 Å². The first-order valence-electron chi connectivity index (χ1n) is 5.51. The van der Waals surface area contributed by atoms with Gasteiger partial charge < -0.3 is 20.1 Å². The Morgan fingerprint density at radius 2 is 2.47 bits per heavy atom. The summed E-state index contributed by atoms with van der Waals surface area (Å²) in [4.78, 5) is 24.5. The molecule has 92 valence electrons. The highest BCUT2D eigenvalue weighted by atomic mass is 32.1. The maximum absolute atomic E-state index is 11.6. The summed E-state index contributed by atoms with van der Waals surface area (Å²) >= 11 is 1.62. The summed E-state index contributed by atoms with van der Waals surface area (Å²) in [6.45, 7) is 2.05. The zero-order valence-electron chi connectivity index (χ0n) is 9.27. The highest BCUT2D eigenvalue weighted by Gasteiger charge is 2.33. The average Bonchev–Trinajstić information content (AvgIpc) is 2.75. The predicted octanol–water partition coefficient (Wildman–Crippen LogP) is -2.23. The van der Waals surface area contributed by atoms with Crippen molar-refractivity contribution in [2.24, 2.45) is 0 Å². The van der Waals surface area contributed by atoms with Gasteiger partial charge in [-0.15, -0.1) is 11.3 Å². The summed E-state index contributed by atoms with van der Waals surface area (Å²) in [7, 11) is 0. The van der Waals surface area contributed by atoms with E-state index < -0.39 is 12.0 Å². The molecule has 5 nitrogen and oxygen atoms in total. The lowest BCUT2D eigenvalue weighted by molar-refractivity contribution is -0.930. The molecule has 2 atom stereocenters. The molecule has 1 fully saturated rings. The van der Waals surface area contributed by atoms with Crippen molar-refractivity contribution in [1.29, 1.82) is 0 Å². The molecule has 1 aliphatic rings. The second-order valence-electron chi connectivity index (χ2n) is 4.08. The minimum Gasteiger partial charge on any atom is -0.550 e. The molecule has 1 aromatic heterocycles. The van der Waals surface area contributed by atoms with Crippen LogP contribution in [-0.2, 0) is 16.1 Å². The number of carboxylic acid groups (broad SMARTS) is 1. The number of piperazine rings is 1. The van der Waals surface area contributed by atoms with Crippen molar-refractivity contribution < 1.29 is 19.6 Å². The first-order chi connectivity index (χ1) is 8.16. The highest BCUT2D eigenvalue weighted by molar-refractivity contribution is 7.09. The van der Waals surface area contributed by atoms with Crippen molar-refractivity contribution in [3.8, 4) is 0 Å². The monoisotopic (exact) mass is 254 g/mol. The van der Waals surface area contributed by atoms with Crippen LogP contribution in [0, 0.1) is 0 Å². The van der Waals surface area contributed by atoms with Gasteiger partial charge in [-0.25, -0.2) is 0 Å². The van der Waals surface area contributed by atoms with Gasteiger partial charge in [0, 0.05) is 12.4 Å². The van der Waals surface area contributed by atoms with E-state index in [9.17, 15) is 14.7 Å². The van der Waals surface area contributed by atoms with E-state index in [0.717, 1.165) is 16.3 Å². The maximum Gasteiger partial charge on any atom is 0.278 e. The predicted molar refractivity (Wildman–Crippen MR) is 60.3 cm³/mol. The molecule has 2 N–H and O–H groups in total. The summed E-state index contributed by atoms with van der Waals surface area (Å²) in [5.74, 6) is -1.36. The fourth-order valence-corrected chi connectivity index (χ4v) is 2.84. The second-order valence-corrected chi connectivity index (χ2v) is 5.12. The topological polar surface area (TPSA) is 73.7 Å². The number of carboxylic acids is 1. The first kappa shape index (κ1) is 12.1. The molecule has 1 aliphatic heterocycles. The number of rotatable bonds is 4. The van der Waals surface area contributed by atoms with Crippen LogP contribution in [-0.4, -0.2) is 31.0 Å². The van der Waals surface area contributed by atoms with E-state index in [4.69, 9.17) is 0 Å². The molecular weight excluding hydrogens is 240 g/mol. The van der Waals surface area contributed by atoms with Gasteiger partial charge in [-0.2, -0.15) is 0 Å². The Bertz CT molecular complexity index is 405. The van der Waals surface area contributed by atoms with E-state index in [2.05, 4.69) is 5.32 Å². The van der Waals surface area contributed by atoms with Gasteiger partial charge >= 0.3 is 0 Å². The van der Waals surface area contributed by atoms with E-state index in [-0.39, 0.29) is 12.3 Å². The van der Waals surface area contributed by atoms with Crippen molar-refractivity contribution in [3.05, 3.63) is 22.4 Å². The van der Waals surface area contributed by atoms with Crippen molar-refractivity contribution in [3.63, 3.8) is 0 Å². The van der Waals surface area contributed by atoms with Crippen molar-refractivity contribution in [1.82, 2.24) is 5.32 Å². The lowest BCUT2D eigenvalue weighted by Crippen LogP contribution is -3.18. The standard InChI is InChI=1S/C11H14N2O3S/c14-10(15)6-9-11(16)12-3-4-13(9)7-8-2-1-5-17-8/h1-2,5,9H,3-4,6-7H2,(H,12,16)(H,14,15)/t9-/m0/s1. The van der Waals surface area contributed by atoms with Crippen molar-refractivity contribution >= 4 is 23.2 Å². The number of carbonyl (C=O) groups is 2. The van der Waals surface area contributed by atoms with Crippen LogP contribution in [0.1, 0.15) is 11.3 Å². The summed E-state index contributed by atoms with van der Waals surface area (Å²) in [5, 5.41) is 15.3. The van der Waals surface area contributed by atoms with Gasteiger partial charge in [-0.1, -0.05) is 6.07 Å². The van der Waals surface area contributed by atoms with Crippen LogP contribution in [0.5, 0.6) is 0 Å². The lowest BCUT2D eigenvalue weighted by Gasteiger charge is -2.31. The molecule has 1 unspecified atom stereocenters. The van der Waals surface area contributed by atoms with Crippen LogP contribution in [0.4, 0.5) is 0 Å². The van der Waals surface area contributed by atoms with E-state index >= 15 is 0 Å². The second kappa shape index (κ2) is 5.29. The number of hydrogen-bond acceptors (Lipinski definition) is 4. The van der Waals surface area contributed by atoms with Crippen LogP contribution in [0.3, 0.4) is 0 Å². The number of thiophene rings is 1. The number of carbonyl (C=O) groups excluding carboxylic acids is 2. The van der Waals surface area contributed by atoms with Gasteiger partial charge in [-0.3, -0.25) is 4.79 Å². The molecule has 0 spiro atoms. The van der Waals surface area contributed by atoms with Crippen molar-refractivity contribution in [2.45, 2.75) is 19.0 Å². The quantitative estimate of drug-likeness (QED) is 0.639. The Hall–Kier alpha value is -1.40. The molecule has 6 heteroatoms. The number of nitrogens with one attached hydrogen (secondary N) is 2. The highest BCUT2D eigenvalue weighted by Crippen LogP contribution is 2.06. The largest absolute Gasteiger partial charge is 0.550 e. The smallest absolute Gasteiger partial charge is 0.278 e. The molecule has 0 aromatic carbocycles. The van der Waals surface area contributed by atoms with Gasteiger partial charge in [0.25, 0.3) is 5.91 Å². The van der Waals surface area contributed by atoms with E-state index in [1.807, 2.05) is 17.5 Å². The van der Waals surface area contributed by atoms with Gasteiger partial charge in [0.2, 0.25) is 0 Å². The van der Waals surface area contributed by atoms with Gasteiger partial charge in [0.1, 0.15) is 6.54 Å². The Labute approximate surface area is 103 Å². The maximum atomic E-state index is 11.6. The fourth-order valence-electron chi connectivity index (χ4n) is 2.08. The molecular formula is C11H14N2O3S. The lowest BCUT2D eigenvalue weighted by atomic mass is 10.1. The Morgan fingerprint density at radius 3 is 3.12 bits per heavy atom. The third kappa shape index (κ3) is 3.04. The molecule has 1 aromatic rings. The zero-order valence-corrected chi connectivity index (χ0v) is 10.1. The third-order valence-electron chi connectivity index (χ3n) is 2.91. The number of quaternary nitrogens is 1. The average molecular weight is 254 g/mol. The van der Waals surface area contributed by atoms with Gasteiger partial charge in [0.05, 0.1) is 18.0 Å². The van der Waals surface area contributed by atoms with E-state index in [0.29, 0.717) is 13.1 Å². The molecule has 2 heterocycles. The summed E-state index contributed by atoms with van der Waals surface area (Å²) in [6.07, 6.45) is -0.216. The van der Waals surface area contributed by atoms with Crippen LogP contribution in [0.15, 0.2) is 17.5 Å². The molecule has 0 bridgehead atoms. The molecule has 17 heavy (non-hydrogen) atoms. The summed E-state index contributed by atoms with van der Waals surface area (Å²) in [5.41, 5.74) is 0. The SMILES string of the molecule is O=C([O-])C[C@H]1C(=O)NCC[NH+]1Cc1cccs1. The fraction of sp³-hybridized carbons (Fsp3) is 0.455. The Kier molecular flexibility index (Phi) is 3.75. The van der Waals surface area contributed by atoms with E-state index in [1.165, 1.54) is 0 Å². The molecule has 0 saturated carbocycles. The van der Waals surface area contributed by atoms with E-state index in [1.54, 1.807) is 11.3 Å². The minimum absolute atomic E-state index is 0.188. The number of aliphatic carboxylic acids is 1. The molecule has 1 saturated heterocycles. The van der Waals surface area contributed by atoms with Crippen LogP contribution < -0.4 is 15.3 Å². The Balaban J connectivity index is 2.06. The minimum atomic E-state index is -1.17. The third-order valence-corrected chi connectivity index (χ3v) is 3.78. The zero-order chi connectivity index (χ0) is 12.3. The van der Waals surface area contributed by atoms with Crippen LogP contribution >= 0.6 is 11.3 Å². The molecule has 1 amide bonds. The number of hydrogen-bond donors (Lipinski definition) is 2. The van der Waals surface area contributed by atoms with Crippen molar-refractivity contribution in [2.75, 3.05) is 13.1 Å². The first-order valence-corrected chi connectivity index (χ1v) is 6.39. The molecule has 0 radical (unpaired) electrons. The van der Waals surface area contributed by atoms with Crippen LogP contribution in [0.2, 0.25) is 0 Å². The molecule has 2 rings (SSSR count). The van der Waals surface area contributed by atoms with Gasteiger partial charge in [-0.05, 0) is 11.4 Å². The Morgan fingerprint density at radius 1 is 1.65 bits per heavy atom. The normalized spacial score (nSPS) is 24.4. The molecule has 0 aliphatic carbocycles. The van der Waals surface area contributed by atoms with Crippen LogP contribution in [0.25, 0.3) is 0 Å². The summed E-state index contributed by atoms with van der Waals surface area (Å²) in [6, 6.07) is 3.42. The number of amides is 1. The summed E-state index contributed by atoms with van der Waals surface area (Å²) < 4.78 is 0.